The molecular weight excluding hydrogens is 318 g/mol. The van der Waals surface area contributed by atoms with Crippen LogP contribution in [0, 0.1) is 0 Å². The van der Waals surface area contributed by atoms with Gasteiger partial charge in [0.15, 0.2) is 0 Å². The average Bonchev–Trinajstić information content (AvgIpc) is 3.19. The minimum Gasteiger partial charge on any atom is -0.367 e. The van der Waals surface area contributed by atoms with Gasteiger partial charge in [0, 0.05) is 10.9 Å². The lowest BCUT2D eigenvalue weighted by molar-refractivity contribution is -0.106. The number of thiophene rings is 1. The van der Waals surface area contributed by atoms with Gasteiger partial charge in [-0.2, -0.15) is 0 Å². The Labute approximate surface area is 149 Å². The second-order valence-corrected chi connectivity index (χ2v) is 7.06. The lowest BCUT2D eigenvalue weighted by atomic mass is 9.95. The van der Waals surface area contributed by atoms with Crippen LogP contribution in [-0.4, -0.2) is 22.3 Å². The van der Waals surface area contributed by atoms with Gasteiger partial charge in [0.2, 0.25) is 0 Å². The number of carbonyl (C=O) groups excluding carboxylic acids is 1. The zero-order chi connectivity index (χ0) is 17.4. The van der Waals surface area contributed by atoms with Crippen LogP contribution in [0.25, 0.3) is 10.2 Å². The molecule has 1 fully saturated rings. The highest BCUT2D eigenvalue weighted by Crippen LogP contribution is 2.39. The van der Waals surface area contributed by atoms with Gasteiger partial charge in [0.25, 0.3) is 0 Å². The summed E-state index contributed by atoms with van der Waals surface area (Å²) in [6.07, 6.45) is 12.9. The van der Waals surface area contributed by atoms with E-state index in [1.54, 1.807) is 11.2 Å². The largest absolute Gasteiger partial charge is 0.367 e. The summed E-state index contributed by atoms with van der Waals surface area (Å²) in [5.74, 6) is 1.09. The summed E-state index contributed by atoms with van der Waals surface area (Å²) in [6, 6.07) is 0.615. The van der Waals surface area contributed by atoms with E-state index >= 15 is 0 Å². The van der Waals surface area contributed by atoms with Crippen LogP contribution in [0.2, 0.25) is 0 Å². The van der Waals surface area contributed by atoms with E-state index in [1.807, 2.05) is 25.2 Å². The van der Waals surface area contributed by atoms with E-state index in [4.69, 9.17) is 4.79 Å². The topological polar surface area (TPSA) is 54.9 Å². The fourth-order valence-electron chi connectivity index (χ4n) is 3.48. The number of hydrogen-bond acceptors (Lipinski definition) is 5. The maximum Gasteiger partial charge on any atom is 0.138 e. The van der Waals surface area contributed by atoms with Crippen LogP contribution < -0.4 is 5.32 Å². The zero-order valence-electron chi connectivity index (χ0n) is 15.1. The van der Waals surface area contributed by atoms with Crippen LogP contribution in [0.15, 0.2) is 6.33 Å². The molecule has 0 aliphatic heterocycles. The number of aldehydes is 1. The Morgan fingerprint density at radius 3 is 2.54 bits per heavy atom. The van der Waals surface area contributed by atoms with E-state index in [0.717, 1.165) is 12.1 Å². The third-order valence-electron chi connectivity index (χ3n) is 4.45. The van der Waals surface area contributed by atoms with Crippen molar-refractivity contribution in [3.8, 4) is 0 Å². The van der Waals surface area contributed by atoms with Gasteiger partial charge < -0.3 is 10.1 Å². The van der Waals surface area contributed by atoms with E-state index in [1.165, 1.54) is 74.1 Å². The van der Waals surface area contributed by atoms with Gasteiger partial charge in [0.05, 0.1) is 5.39 Å². The molecule has 4 rings (SSSR count). The van der Waals surface area contributed by atoms with Crippen molar-refractivity contribution in [1.29, 1.82) is 0 Å². The maximum atomic E-state index is 8.81. The molecule has 0 unspecified atom stereocenters. The predicted octanol–water partition coefficient (Wildman–Crippen LogP) is 5.16. The molecule has 2 aliphatic rings. The smallest absolute Gasteiger partial charge is 0.138 e. The van der Waals surface area contributed by atoms with Gasteiger partial charge in [-0.25, -0.2) is 9.97 Å². The molecule has 2 aromatic heterocycles. The molecule has 2 aliphatic carbocycles. The van der Waals surface area contributed by atoms with Crippen molar-refractivity contribution in [3.63, 3.8) is 0 Å². The summed E-state index contributed by atoms with van der Waals surface area (Å²) in [4.78, 5) is 20.5. The Morgan fingerprint density at radius 2 is 1.83 bits per heavy atom. The highest BCUT2D eigenvalue weighted by Gasteiger charge is 2.22. The molecule has 1 saturated carbocycles. The first-order valence-corrected chi connectivity index (χ1v) is 10.1. The summed E-state index contributed by atoms with van der Waals surface area (Å²) < 4.78 is 0. The Morgan fingerprint density at radius 1 is 1.12 bits per heavy atom. The Bertz CT molecular complexity index is 647. The summed E-state index contributed by atoms with van der Waals surface area (Å²) in [6.45, 7) is 5.44. The second-order valence-electron chi connectivity index (χ2n) is 5.97. The number of nitrogens with zero attached hydrogens (tertiary/aromatic N) is 2. The normalized spacial score (nSPS) is 16.5. The Kier molecular flexibility index (Phi) is 7.63. The zero-order valence-corrected chi connectivity index (χ0v) is 15.9. The second kappa shape index (κ2) is 9.72. The third kappa shape index (κ3) is 4.32. The van der Waals surface area contributed by atoms with E-state index < -0.39 is 0 Å². The molecule has 0 saturated heterocycles. The molecule has 4 nitrogen and oxygen atoms in total. The molecule has 0 radical (unpaired) electrons. The van der Waals surface area contributed by atoms with E-state index in [-0.39, 0.29) is 0 Å². The third-order valence-corrected chi connectivity index (χ3v) is 5.65. The molecular formula is C19H29N3OS. The van der Waals surface area contributed by atoms with Gasteiger partial charge in [-0.15, -0.1) is 11.3 Å². The number of aryl methyl sites for hydroxylation is 2. The molecule has 5 heteroatoms. The molecule has 2 heterocycles. The summed E-state index contributed by atoms with van der Waals surface area (Å²) in [5.41, 5.74) is 1.53. The number of anilines is 1. The predicted molar refractivity (Wildman–Crippen MR) is 103 cm³/mol. The fraction of sp³-hybridized carbons (Fsp3) is 0.632. The standard InChI is InChI=1S/C15H19N3S.C2H4O.C2H6/c1-2-5-10(6-3-1)18-14-13-11-7-4-8-12(11)19-15(13)17-9-16-14;1-2-3;1-2/h9-10H,1-8H2,(H,16,17,18);2H,1H3;1-2H3. The number of rotatable bonds is 2. The first-order chi connectivity index (χ1) is 11.8. The number of hydrogen-bond donors (Lipinski definition) is 1. The lowest BCUT2D eigenvalue weighted by Gasteiger charge is -2.23. The van der Waals surface area contributed by atoms with Crippen LogP contribution >= 0.6 is 11.3 Å². The van der Waals surface area contributed by atoms with E-state index in [0.29, 0.717) is 6.04 Å². The van der Waals surface area contributed by atoms with Crippen LogP contribution in [0.4, 0.5) is 5.82 Å². The minimum absolute atomic E-state index is 0.615. The average molecular weight is 348 g/mol. The molecule has 132 valence electrons. The molecule has 0 atom stereocenters. The molecule has 24 heavy (non-hydrogen) atoms. The quantitative estimate of drug-likeness (QED) is 0.763. The van der Waals surface area contributed by atoms with E-state index in [9.17, 15) is 0 Å². The molecule has 1 N–H and O–H groups in total. The van der Waals surface area contributed by atoms with Crippen molar-refractivity contribution < 1.29 is 4.79 Å². The van der Waals surface area contributed by atoms with Crippen molar-refractivity contribution in [2.24, 2.45) is 0 Å². The molecule has 0 amide bonds. The summed E-state index contributed by atoms with van der Waals surface area (Å²) >= 11 is 1.87. The number of nitrogens with one attached hydrogen (secondary N) is 1. The highest BCUT2D eigenvalue weighted by atomic mass is 32.1. The maximum absolute atomic E-state index is 8.81. The van der Waals surface area contributed by atoms with Crippen molar-refractivity contribution in [2.75, 3.05) is 5.32 Å². The van der Waals surface area contributed by atoms with Crippen LogP contribution in [-0.2, 0) is 17.6 Å². The van der Waals surface area contributed by atoms with Gasteiger partial charge >= 0.3 is 0 Å². The van der Waals surface area contributed by atoms with Crippen molar-refractivity contribution >= 4 is 33.7 Å². The first kappa shape index (κ1) is 18.8. The number of fused-ring (bicyclic) bond motifs is 3. The SMILES string of the molecule is CC.CC=O.c1nc(NC2CCCCC2)c2c3c(sc2n1)CCC3. The monoisotopic (exact) mass is 347 g/mol. The first-order valence-electron chi connectivity index (χ1n) is 9.25. The van der Waals surface area contributed by atoms with Gasteiger partial charge in [0.1, 0.15) is 23.3 Å². The van der Waals surface area contributed by atoms with Crippen molar-refractivity contribution in [2.45, 2.75) is 78.2 Å². The van der Waals surface area contributed by atoms with Gasteiger partial charge in [-0.3, -0.25) is 0 Å². The minimum atomic E-state index is 0.615. The molecule has 0 spiro atoms. The Balaban J connectivity index is 0.000000378. The van der Waals surface area contributed by atoms with Crippen LogP contribution in [0.3, 0.4) is 0 Å². The lowest BCUT2D eigenvalue weighted by Crippen LogP contribution is -2.23. The van der Waals surface area contributed by atoms with Crippen LogP contribution in [0.5, 0.6) is 0 Å². The Hall–Kier alpha value is -1.49. The van der Waals surface area contributed by atoms with Gasteiger partial charge in [-0.1, -0.05) is 33.1 Å². The highest BCUT2D eigenvalue weighted by molar-refractivity contribution is 7.19. The fourth-order valence-corrected chi connectivity index (χ4v) is 4.71. The van der Waals surface area contributed by atoms with Crippen molar-refractivity contribution in [1.82, 2.24) is 9.97 Å². The molecule has 0 bridgehead atoms. The molecule has 0 aromatic carbocycles. The summed E-state index contributed by atoms with van der Waals surface area (Å²) in [5, 5.41) is 5.02. The van der Waals surface area contributed by atoms with Gasteiger partial charge in [-0.05, 0) is 44.6 Å². The van der Waals surface area contributed by atoms with E-state index in [2.05, 4.69) is 15.3 Å². The van der Waals surface area contributed by atoms with Crippen molar-refractivity contribution in [3.05, 3.63) is 16.8 Å². The number of carbonyl (C=O) groups is 1. The number of aromatic nitrogens is 2. The molecule has 2 aromatic rings. The summed E-state index contributed by atoms with van der Waals surface area (Å²) in [7, 11) is 0. The van der Waals surface area contributed by atoms with Crippen LogP contribution in [0.1, 0.15) is 69.7 Å².